The molecule has 6 heteroatoms. The fourth-order valence-corrected chi connectivity index (χ4v) is 4.67. The molecule has 2 aliphatic rings. The number of likely N-dealkylation sites (N-methyl/N-ethyl adjacent to an activating group) is 1. The van der Waals surface area contributed by atoms with Crippen LogP contribution in [0.3, 0.4) is 0 Å². The fourth-order valence-electron chi connectivity index (χ4n) is 4.67. The average molecular weight is 441 g/mol. The van der Waals surface area contributed by atoms with E-state index in [1.807, 2.05) is 36.4 Å². The molecule has 6 rings (SSSR count). The van der Waals surface area contributed by atoms with E-state index in [9.17, 15) is 0 Å². The van der Waals surface area contributed by atoms with Gasteiger partial charge in [-0.15, -0.1) is 0 Å². The first-order chi connectivity index (χ1) is 16.2. The van der Waals surface area contributed by atoms with E-state index in [4.69, 9.17) is 23.4 Å². The molecule has 0 bridgehead atoms. The first kappa shape index (κ1) is 19.8. The number of para-hydroxylation sites is 1. The van der Waals surface area contributed by atoms with Gasteiger partial charge in [-0.2, -0.15) is 0 Å². The van der Waals surface area contributed by atoms with Gasteiger partial charge in [-0.3, -0.25) is 4.90 Å². The number of fused-ring (bicyclic) bond motifs is 5. The first-order valence-corrected chi connectivity index (χ1v) is 10.9. The standard InChI is InChI=1S/C27H23NO5/c1-28-12-11-17-14-24-26(32-16-31-24)27(29-2)25(17)21(28)7-5-13-30-18-9-10-23-20(15-18)19-6-3-4-8-22(19)33-23/h3-4,6,8-10,14-15,21H,11-13,16H2,1-2H3/t21-/m1/s1. The monoisotopic (exact) mass is 441 g/mol. The maximum atomic E-state index is 5.97. The summed E-state index contributed by atoms with van der Waals surface area (Å²) in [5.74, 6) is 9.47. The minimum atomic E-state index is -0.109. The average Bonchev–Trinajstić information content (AvgIpc) is 3.45. The predicted molar refractivity (Wildman–Crippen MR) is 125 cm³/mol. The van der Waals surface area contributed by atoms with E-state index in [-0.39, 0.29) is 19.4 Å². The van der Waals surface area contributed by atoms with Crippen molar-refractivity contribution >= 4 is 21.9 Å². The number of hydrogen-bond acceptors (Lipinski definition) is 6. The first-order valence-electron chi connectivity index (χ1n) is 10.9. The highest BCUT2D eigenvalue weighted by molar-refractivity contribution is 6.05. The van der Waals surface area contributed by atoms with Crippen molar-refractivity contribution in [3.05, 3.63) is 59.7 Å². The van der Waals surface area contributed by atoms with Crippen molar-refractivity contribution in [3.63, 3.8) is 0 Å². The highest BCUT2D eigenvalue weighted by Gasteiger charge is 2.33. The maximum absolute atomic E-state index is 5.97. The van der Waals surface area contributed by atoms with Gasteiger partial charge < -0.3 is 23.4 Å². The molecule has 4 aromatic rings. The summed E-state index contributed by atoms with van der Waals surface area (Å²) >= 11 is 0. The number of hydrogen-bond donors (Lipinski definition) is 0. The van der Waals surface area contributed by atoms with Gasteiger partial charge in [0.05, 0.1) is 7.11 Å². The molecule has 2 aliphatic heterocycles. The summed E-state index contributed by atoms with van der Waals surface area (Å²) in [5, 5.41) is 2.12. The lowest BCUT2D eigenvalue weighted by Gasteiger charge is -2.32. The van der Waals surface area contributed by atoms with Crippen molar-refractivity contribution in [1.29, 1.82) is 0 Å². The van der Waals surface area contributed by atoms with Crippen molar-refractivity contribution in [1.82, 2.24) is 4.90 Å². The normalized spacial score (nSPS) is 17.0. The Morgan fingerprint density at radius 1 is 1.06 bits per heavy atom. The smallest absolute Gasteiger partial charge is 0.231 e. The molecule has 3 aromatic carbocycles. The van der Waals surface area contributed by atoms with E-state index in [0.29, 0.717) is 11.5 Å². The van der Waals surface area contributed by atoms with Gasteiger partial charge in [0.15, 0.2) is 11.5 Å². The molecular formula is C27H23NO5. The van der Waals surface area contributed by atoms with Crippen LogP contribution in [0.15, 0.2) is 52.9 Å². The fraction of sp³-hybridized carbons (Fsp3) is 0.259. The zero-order valence-corrected chi connectivity index (χ0v) is 18.5. The minimum absolute atomic E-state index is 0.109. The van der Waals surface area contributed by atoms with Crippen LogP contribution in [0, 0.1) is 11.8 Å². The molecule has 0 amide bonds. The molecular weight excluding hydrogens is 418 g/mol. The van der Waals surface area contributed by atoms with E-state index in [1.165, 1.54) is 5.56 Å². The van der Waals surface area contributed by atoms with E-state index in [0.717, 1.165) is 52.0 Å². The molecule has 1 aromatic heterocycles. The maximum Gasteiger partial charge on any atom is 0.231 e. The van der Waals surface area contributed by atoms with Crippen molar-refractivity contribution in [2.75, 3.05) is 34.1 Å². The molecule has 0 unspecified atom stereocenters. The summed E-state index contributed by atoms with van der Waals surface area (Å²) in [7, 11) is 3.74. The molecule has 33 heavy (non-hydrogen) atoms. The second-order valence-electron chi connectivity index (χ2n) is 8.22. The summed E-state index contributed by atoms with van der Waals surface area (Å²) in [6, 6.07) is 15.8. The molecule has 0 saturated carbocycles. The Bertz CT molecular complexity index is 1430. The van der Waals surface area contributed by atoms with Crippen LogP contribution in [-0.4, -0.2) is 39.0 Å². The number of nitrogens with zero attached hydrogens (tertiary/aromatic N) is 1. The van der Waals surface area contributed by atoms with Gasteiger partial charge in [0.1, 0.15) is 29.6 Å². The highest BCUT2D eigenvalue weighted by Crippen LogP contribution is 2.49. The van der Waals surface area contributed by atoms with Crippen LogP contribution in [0.2, 0.25) is 0 Å². The van der Waals surface area contributed by atoms with E-state index < -0.39 is 0 Å². The largest absolute Gasteiger partial charge is 0.492 e. The third-order valence-electron chi connectivity index (χ3n) is 6.29. The number of rotatable bonds is 3. The molecule has 0 aliphatic carbocycles. The van der Waals surface area contributed by atoms with Crippen molar-refractivity contribution in [2.45, 2.75) is 12.5 Å². The van der Waals surface area contributed by atoms with E-state index >= 15 is 0 Å². The topological polar surface area (TPSA) is 53.3 Å². The third-order valence-corrected chi connectivity index (χ3v) is 6.29. The lowest BCUT2D eigenvalue weighted by atomic mass is 9.91. The van der Waals surface area contributed by atoms with Crippen LogP contribution in [0.1, 0.15) is 17.2 Å². The van der Waals surface area contributed by atoms with Crippen LogP contribution in [-0.2, 0) is 6.42 Å². The van der Waals surface area contributed by atoms with E-state index in [2.05, 4.69) is 35.9 Å². The summed E-state index contributed by atoms with van der Waals surface area (Å²) in [5.41, 5.74) is 3.96. The van der Waals surface area contributed by atoms with Crippen LogP contribution >= 0.6 is 0 Å². The minimum Gasteiger partial charge on any atom is -0.492 e. The molecule has 0 saturated heterocycles. The highest BCUT2D eigenvalue weighted by atomic mass is 16.7. The quantitative estimate of drug-likeness (QED) is 0.420. The number of furan rings is 1. The lowest BCUT2D eigenvalue weighted by Crippen LogP contribution is -2.31. The number of methoxy groups -OCH3 is 1. The second-order valence-corrected chi connectivity index (χ2v) is 8.22. The molecule has 1 atom stereocenters. The number of benzene rings is 3. The Kier molecular flexibility index (Phi) is 4.78. The van der Waals surface area contributed by atoms with E-state index in [1.54, 1.807) is 7.11 Å². The number of ether oxygens (including phenoxy) is 4. The molecule has 0 radical (unpaired) electrons. The predicted octanol–water partition coefficient (Wildman–Crippen LogP) is 4.93. The van der Waals surface area contributed by atoms with Crippen LogP contribution in [0.25, 0.3) is 21.9 Å². The summed E-state index contributed by atoms with van der Waals surface area (Å²) in [4.78, 5) is 2.23. The molecule has 166 valence electrons. The van der Waals surface area contributed by atoms with Gasteiger partial charge >= 0.3 is 0 Å². The van der Waals surface area contributed by atoms with Crippen LogP contribution in [0.4, 0.5) is 0 Å². The second kappa shape index (κ2) is 7.95. The summed E-state index contributed by atoms with van der Waals surface area (Å²) in [6.45, 7) is 1.40. The Morgan fingerprint density at radius 3 is 2.85 bits per heavy atom. The Balaban J connectivity index is 1.26. The van der Waals surface area contributed by atoms with Gasteiger partial charge in [0.25, 0.3) is 0 Å². The van der Waals surface area contributed by atoms with Gasteiger partial charge in [0, 0.05) is 22.9 Å². The van der Waals surface area contributed by atoms with Gasteiger partial charge in [-0.25, -0.2) is 0 Å². The Labute approximate surface area is 191 Å². The van der Waals surface area contributed by atoms with Crippen molar-refractivity contribution in [2.24, 2.45) is 0 Å². The van der Waals surface area contributed by atoms with Gasteiger partial charge in [-0.05, 0) is 49.4 Å². The molecule has 3 heterocycles. The van der Waals surface area contributed by atoms with Gasteiger partial charge in [0.2, 0.25) is 12.5 Å². The lowest BCUT2D eigenvalue weighted by molar-refractivity contribution is 0.171. The Hall–Kier alpha value is -3.82. The Morgan fingerprint density at radius 2 is 1.94 bits per heavy atom. The zero-order valence-electron chi connectivity index (χ0n) is 18.5. The van der Waals surface area contributed by atoms with Crippen molar-refractivity contribution in [3.8, 4) is 34.8 Å². The third kappa shape index (κ3) is 3.33. The van der Waals surface area contributed by atoms with Crippen LogP contribution in [0.5, 0.6) is 23.0 Å². The van der Waals surface area contributed by atoms with Gasteiger partial charge in [-0.1, -0.05) is 30.0 Å². The summed E-state index contributed by atoms with van der Waals surface area (Å²) < 4.78 is 28.9. The van der Waals surface area contributed by atoms with Crippen molar-refractivity contribution < 1.29 is 23.4 Å². The molecule has 6 nitrogen and oxygen atoms in total. The summed E-state index contributed by atoms with van der Waals surface area (Å²) in [6.07, 6.45) is 0.909. The van der Waals surface area contributed by atoms with Crippen LogP contribution < -0.4 is 18.9 Å². The SMILES string of the molecule is COc1c2c(cc3c1[C@@H](C#CCOc1ccc4oc5ccccc5c4c1)N(C)CC3)OCO2. The molecule has 0 fully saturated rings. The molecule has 0 spiro atoms. The molecule has 0 N–H and O–H groups in total. The zero-order chi connectivity index (χ0) is 22.4.